The molecule has 0 aliphatic rings. The fraction of sp³-hybridized carbons (Fsp3) is 0.118. The van der Waals surface area contributed by atoms with Crippen LogP contribution in [-0.2, 0) is 0 Å². The second kappa shape index (κ2) is 5.93. The molecule has 0 radical (unpaired) electrons. The van der Waals surface area contributed by atoms with Crippen molar-refractivity contribution in [2.24, 2.45) is 0 Å². The van der Waals surface area contributed by atoms with Gasteiger partial charge in [-0.05, 0) is 53.2 Å². The topological polar surface area (TPSA) is 42.2 Å². The summed E-state index contributed by atoms with van der Waals surface area (Å²) in [6, 6.07) is 13.2. The van der Waals surface area contributed by atoms with Crippen molar-refractivity contribution in [3.8, 4) is 0 Å². The molecular formula is C17H13BrFNO2. The highest BCUT2D eigenvalue weighted by molar-refractivity contribution is 9.10. The Morgan fingerprint density at radius 2 is 2.00 bits per heavy atom. The van der Waals surface area contributed by atoms with Crippen molar-refractivity contribution in [2.45, 2.75) is 13.0 Å². The van der Waals surface area contributed by atoms with Crippen molar-refractivity contribution in [3.05, 3.63) is 70.1 Å². The zero-order valence-electron chi connectivity index (χ0n) is 11.8. The Bertz CT molecular complexity index is 811. The van der Waals surface area contributed by atoms with Crippen molar-refractivity contribution in [2.75, 3.05) is 0 Å². The first-order chi connectivity index (χ1) is 10.5. The maximum atomic E-state index is 13.1. The van der Waals surface area contributed by atoms with Crippen LogP contribution < -0.4 is 5.32 Å². The number of halogens is 2. The number of para-hydroxylation sites is 1. The van der Waals surface area contributed by atoms with Gasteiger partial charge in [0.2, 0.25) is 0 Å². The van der Waals surface area contributed by atoms with Gasteiger partial charge in [0.15, 0.2) is 0 Å². The smallest absolute Gasteiger partial charge is 0.253 e. The number of nitrogens with one attached hydrogen (secondary N) is 1. The van der Waals surface area contributed by atoms with E-state index in [4.69, 9.17) is 4.42 Å². The molecule has 0 saturated heterocycles. The minimum absolute atomic E-state index is 0.292. The number of carbonyl (C=O) groups excluding carboxylic acids is 1. The van der Waals surface area contributed by atoms with Crippen LogP contribution in [0.25, 0.3) is 11.0 Å². The molecule has 1 amide bonds. The first-order valence-electron chi connectivity index (χ1n) is 6.79. The van der Waals surface area contributed by atoms with Gasteiger partial charge in [0.1, 0.15) is 17.2 Å². The number of hydrogen-bond acceptors (Lipinski definition) is 2. The third-order valence-corrected chi connectivity index (χ3v) is 4.05. The lowest BCUT2D eigenvalue weighted by Gasteiger charge is -2.12. The molecule has 0 unspecified atom stereocenters. The molecule has 2 aromatic carbocycles. The molecule has 0 saturated carbocycles. The molecule has 0 aliphatic heterocycles. The van der Waals surface area contributed by atoms with Gasteiger partial charge in [-0.15, -0.1) is 0 Å². The van der Waals surface area contributed by atoms with E-state index in [1.807, 2.05) is 37.3 Å². The summed E-state index contributed by atoms with van der Waals surface area (Å²) in [5.41, 5.74) is 1.16. The van der Waals surface area contributed by atoms with E-state index in [0.717, 1.165) is 11.0 Å². The highest BCUT2D eigenvalue weighted by atomic mass is 79.9. The van der Waals surface area contributed by atoms with E-state index in [1.54, 1.807) is 0 Å². The molecule has 0 spiro atoms. The zero-order chi connectivity index (χ0) is 15.7. The summed E-state index contributed by atoms with van der Waals surface area (Å²) in [4.78, 5) is 12.3. The fourth-order valence-corrected chi connectivity index (χ4v) is 2.77. The van der Waals surface area contributed by atoms with Crippen LogP contribution in [0.1, 0.15) is 29.1 Å². The average Bonchev–Trinajstić information content (AvgIpc) is 2.91. The third kappa shape index (κ3) is 2.90. The molecule has 1 aromatic heterocycles. The van der Waals surface area contributed by atoms with Gasteiger partial charge in [0.25, 0.3) is 5.91 Å². The van der Waals surface area contributed by atoms with Crippen LogP contribution in [0.3, 0.4) is 0 Å². The van der Waals surface area contributed by atoms with Crippen LogP contribution in [0.4, 0.5) is 4.39 Å². The Labute approximate surface area is 135 Å². The highest BCUT2D eigenvalue weighted by Crippen LogP contribution is 2.24. The van der Waals surface area contributed by atoms with Crippen LogP contribution in [0.15, 0.2) is 57.4 Å². The first kappa shape index (κ1) is 14.8. The number of rotatable bonds is 3. The van der Waals surface area contributed by atoms with Crippen molar-refractivity contribution in [1.82, 2.24) is 5.32 Å². The summed E-state index contributed by atoms with van der Waals surface area (Å²) < 4.78 is 19.2. The fourth-order valence-electron chi connectivity index (χ4n) is 2.23. The monoisotopic (exact) mass is 361 g/mol. The predicted octanol–water partition coefficient (Wildman–Crippen LogP) is 4.83. The molecular weight excluding hydrogens is 349 g/mol. The number of carbonyl (C=O) groups is 1. The molecule has 1 atom stereocenters. The Balaban J connectivity index is 1.81. The van der Waals surface area contributed by atoms with Crippen LogP contribution in [-0.4, -0.2) is 5.91 Å². The largest absolute Gasteiger partial charge is 0.459 e. The van der Waals surface area contributed by atoms with E-state index >= 15 is 0 Å². The van der Waals surface area contributed by atoms with Crippen molar-refractivity contribution < 1.29 is 13.6 Å². The lowest BCUT2D eigenvalue weighted by Crippen LogP contribution is -2.26. The van der Waals surface area contributed by atoms with Gasteiger partial charge in [-0.1, -0.05) is 18.2 Å². The van der Waals surface area contributed by atoms with Crippen LogP contribution in [0.2, 0.25) is 0 Å². The van der Waals surface area contributed by atoms with Crippen LogP contribution in [0.5, 0.6) is 0 Å². The van der Waals surface area contributed by atoms with Gasteiger partial charge in [-0.2, -0.15) is 0 Å². The lowest BCUT2D eigenvalue weighted by molar-refractivity contribution is 0.0935. The summed E-state index contributed by atoms with van der Waals surface area (Å²) in [5.74, 6) is -0.0126. The number of benzene rings is 2. The minimum Gasteiger partial charge on any atom is -0.459 e. The highest BCUT2D eigenvalue weighted by Gasteiger charge is 2.17. The molecule has 1 heterocycles. The van der Waals surface area contributed by atoms with Crippen LogP contribution >= 0.6 is 15.9 Å². The lowest BCUT2D eigenvalue weighted by atomic mass is 10.1. The summed E-state index contributed by atoms with van der Waals surface area (Å²) in [6.45, 7) is 1.84. The van der Waals surface area contributed by atoms with Gasteiger partial charge in [0.05, 0.1) is 11.6 Å². The quantitative estimate of drug-likeness (QED) is 0.726. The van der Waals surface area contributed by atoms with Crippen molar-refractivity contribution >= 4 is 32.8 Å². The van der Waals surface area contributed by atoms with E-state index in [1.165, 1.54) is 18.2 Å². The third-order valence-electron chi connectivity index (χ3n) is 3.39. The first-order valence-corrected chi connectivity index (χ1v) is 7.58. The molecule has 112 valence electrons. The molecule has 5 heteroatoms. The van der Waals surface area contributed by atoms with E-state index in [2.05, 4.69) is 21.2 Å². The van der Waals surface area contributed by atoms with Crippen molar-refractivity contribution in [1.29, 1.82) is 0 Å². The maximum absolute atomic E-state index is 13.1. The van der Waals surface area contributed by atoms with E-state index in [0.29, 0.717) is 15.8 Å². The second-order valence-electron chi connectivity index (χ2n) is 5.01. The Hall–Kier alpha value is -2.14. The Morgan fingerprint density at radius 3 is 2.73 bits per heavy atom. The molecule has 1 N–H and O–H groups in total. The summed E-state index contributed by atoms with van der Waals surface area (Å²) >= 11 is 3.20. The Morgan fingerprint density at radius 1 is 1.23 bits per heavy atom. The zero-order valence-corrected chi connectivity index (χ0v) is 13.4. The predicted molar refractivity (Wildman–Crippen MR) is 86.2 cm³/mol. The van der Waals surface area contributed by atoms with Gasteiger partial charge >= 0.3 is 0 Å². The maximum Gasteiger partial charge on any atom is 0.253 e. The normalized spacial score (nSPS) is 12.3. The minimum atomic E-state index is -0.395. The second-order valence-corrected chi connectivity index (χ2v) is 5.86. The van der Waals surface area contributed by atoms with E-state index in [-0.39, 0.29) is 11.9 Å². The number of fused-ring (bicyclic) bond motifs is 1. The molecule has 0 fully saturated rings. The van der Waals surface area contributed by atoms with Gasteiger partial charge < -0.3 is 9.73 Å². The summed E-state index contributed by atoms with van der Waals surface area (Å²) in [6.07, 6.45) is 0. The standard InChI is InChI=1S/C17H13BrFNO2/c1-10(16-8-11-4-2-3-5-15(11)22-16)20-17(21)13-7-6-12(19)9-14(13)18/h2-10H,1H3,(H,20,21)/t10-/m1/s1. The van der Waals surface area contributed by atoms with Crippen molar-refractivity contribution in [3.63, 3.8) is 0 Å². The Kier molecular flexibility index (Phi) is 3.98. The molecule has 3 aromatic rings. The van der Waals surface area contributed by atoms with Gasteiger partial charge in [-0.3, -0.25) is 4.79 Å². The molecule has 22 heavy (non-hydrogen) atoms. The summed E-state index contributed by atoms with van der Waals surface area (Å²) in [7, 11) is 0. The number of furan rings is 1. The van der Waals surface area contributed by atoms with Gasteiger partial charge in [-0.25, -0.2) is 4.39 Å². The molecule has 3 nitrogen and oxygen atoms in total. The number of hydrogen-bond donors (Lipinski definition) is 1. The molecule has 0 bridgehead atoms. The average molecular weight is 362 g/mol. The van der Waals surface area contributed by atoms with Gasteiger partial charge in [0, 0.05) is 9.86 Å². The number of amides is 1. The van der Waals surface area contributed by atoms with Crippen LogP contribution in [0, 0.1) is 5.82 Å². The SMILES string of the molecule is C[C@@H](NC(=O)c1ccc(F)cc1Br)c1cc2ccccc2o1. The molecule has 3 rings (SSSR count). The van der Waals surface area contributed by atoms with E-state index < -0.39 is 5.82 Å². The van der Waals surface area contributed by atoms with E-state index in [9.17, 15) is 9.18 Å². The molecule has 0 aliphatic carbocycles. The summed E-state index contributed by atoms with van der Waals surface area (Å²) in [5, 5.41) is 3.84.